The standard InChI is InChI=1S/C15H21N3O/c1-15(2)7-3-4-11(9-15)17-14-18-12-6-5-10(16)8-13(12)19-14/h5-6,8,11H,3-4,7,9,16H2,1-2H3,(H,17,18). The van der Waals surface area contributed by atoms with Gasteiger partial charge in [0, 0.05) is 17.8 Å². The molecule has 0 spiro atoms. The molecule has 1 saturated carbocycles. The quantitative estimate of drug-likeness (QED) is 0.805. The number of anilines is 2. The highest BCUT2D eigenvalue weighted by molar-refractivity contribution is 5.78. The maximum Gasteiger partial charge on any atom is 0.295 e. The normalized spacial score (nSPS) is 22.5. The van der Waals surface area contributed by atoms with Crippen LogP contribution in [-0.2, 0) is 0 Å². The predicted octanol–water partition coefficient (Wildman–Crippen LogP) is 3.79. The number of hydrogen-bond donors (Lipinski definition) is 2. The van der Waals surface area contributed by atoms with Crippen molar-refractivity contribution in [2.45, 2.75) is 45.6 Å². The van der Waals surface area contributed by atoms with E-state index in [9.17, 15) is 0 Å². The minimum atomic E-state index is 0.409. The highest BCUT2D eigenvalue weighted by atomic mass is 16.4. The van der Waals surface area contributed by atoms with Gasteiger partial charge in [-0.3, -0.25) is 0 Å². The molecule has 3 rings (SSSR count). The average molecular weight is 259 g/mol. The summed E-state index contributed by atoms with van der Waals surface area (Å²) in [4.78, 5) is 4.46. The second-order valence-electron chi connectivity index (χ2n) is 6.35. The molecule has 1 fully saturated rings. The Bertz CT molecular complexity index is 588. The van der Waals surface area contributed by atoms with Crippen LogP contribution in [-0.4, -0.2) is 11.0 Å². The molecule has 0 saturated heterocycles. The van der Waals surface area contributed by atoms with E-state index in [2.05, 4.69) is 24.1 Å². The largest absolute Gasteiger partial charge is 0.423 e. The van der Waals surface area contributed by atoms with Crippen molar-refractivity contribution in [2.24, 2.45) is 5.41 Å². The molecular weight excluding hydrogens is 238 g/mol. The van der Waals surface area contributed by atoms with Gasteiger partial charge in [-0.25, -0.2) is 0 Å². The number of oxazole rings is 1. The molecule has 4 heteroatoms. The summed E-state index contributed by atoms with van der Waals surface area (Å²) in [5.41, 5.74) is 8.46. The second kappa shape index (κ2) is 4.44. The molecule has 0 aliphatic heterocycles. The second-order valence-corrected chi connectivity index (χ2v) is 6.35. The lowest BCUT2D eigenvalue weighted by atomic mass is 9.75. The van der Waals surface area contributed by atoms with Gasteiger partial charge in [-0.2, -0.15) is 4.98 Å². The summed E-state index contributed by atoms with van der Waals surface area (Å²) in [5, 5.41) is 3.43. The third kappa shape index (κ3) is 2.67. The Morgan fingerprint density at radius 1 is 1.42 bits per heavy atom. The van der Waals surface area contributed by atoms with E-state index in [0.717, 1.165) is 17.5 Å². The van der Waals surface area contributed by atoms with Crippen molar-refractivity contribution in [3.05, 3.63) is 18.2 Å². The highest BCUT2D eigenvalue weighted by Crippen LogP contribution is 2.36. The van der Waals surface area contributed by atoms with Gasteiger partial charge < -0.3 is 15.5 Å². The predicted molar refractivity (Wildman–Crippen MR) is 78.1 cm³/mol. The summed E-state index contributed by atoms with van der Waals surface area (Å²) < 4.78 is 5.72. The van der Waals surface area contributed by atoms with Crippen molar-refractivity contribution < 1.29 is 4.42 Å². The fourth-order valence-corrected chi connectivity index (χ4v) is 3.00. The van der Waals surface area contributed by atoms with E-state index >= 15 is 0 Å². The first-order chi connectivity index (χ1) is 9.02. The number of nitrogens with one attached hydrogen (secondary N) is 1. The lowest BCUT2D eigenvalue weighted by molar-refractivity contribution is 0.228. The monoisotopic (exact) mass is 259 g/mol. The molecule has 1 aliphatic rings. The third-order valence-electron chi connectivity index (χ3n) is 3.95. The van der Waals surface area contributed by atoms with E-state index in [1.54, 1.807) is 0 Å². The Hall–Kier alpha value is -1.71. The topological polar surface area (TPSA) is 64.1 Å². The molecular formula is C15H21N3O. The smallest absolute Gasteiger partial charge is 0.295 e. The molecule has 1 atom stereocenters. The number of nitrogens with zero attached hydrogens (tertiary/aromatic N) is 1. The van der Waals surface area contributed by atoms with Crippen LogP contribution in [0.1, 0.15) is 39.5 Å². The maximum absolute atomic E-state index is 5.74. The summed E-state index contributed by atoms with van der Waals surface area (Å²) in [5.74, 6) is 0. The van der Waals surface area contributed by atoms with E-state index in [-0.39, 0.29) is 0 Å². The van der Waals surface area contributed by atoms with Gasteiger partial charge in [0.15, 0.2) is 5.58 Å². The van der Waals surface area contributed by atoms with Gasteiger partial charge in [0.05, 0.1) is 0 Å². The van der Waals surface area contributed by atoms with Crippen LogP contribution in [0.25, 0.3) is 11.1 Å². The lowest BCUT2D eigenvalue weighted by Gasteiger charge is -2.35. The van der Waals surface area contributed by atoms with Gasteiger partial charge in [-0.15, -0.1) is 0 Å². The van der Waals surface area contributed by atoms with E-state index < -0.39 is 0 Å². The van der Waals surface area contributed by atoms with Crippen molar-refractivity contribution in [1.82, 2.24) is 4.98 Å². The molecule has 1 aliphatic carbocycles. The summed E-state index contributed by atoms with van der Waals surface area (Å²) >= 11 is 0. The van der Waals surface area contributed by atoms with Crippen molar-refractivity contribution >= 4 is 22.8 Å². The number of rotatable bonds is 2. The highest BCUT2D eigenvalue weighted by Gasteiger charge is 2.28. The fourth-order valence-electron chi connectivity index (χ4n) is 3.00. The first kappa shape index (κ1) is 12.3. The zero-order valence-corrected chi connectivity index (χ0v) is 11.6. The zero-order chi connectivity index (χ0) is 13.5. The fraction of sp³-hybridized carbons (Fsp3) is 0.533. The maximum atomic E-state index is 5.74. The van der Waals surface area contributed by atoms with E-state index in [1.165, 1.54) is 19.3 Å². The van der Waals surface area contributed by atoms with E-state index in [1.807, 2.05) is 18.2 Å². The summed E-state index contributed by atoms with van der Waals surface area (Å²) in [7, 11) is 0. The number of benzene rings is 1. The first-order valence-electron chi connectivity index (χ1n) is 6.94. The molecule has 2 aromatic rings. The Morgan fingerprint density at radius 2 is 2.26 bits per heavy atom. The Labute approximate surface area is 113 Å². The third-order valence-corrected chi connectivity index (χ3v) is 3.95. The van der Waals surface area contributed by atoms with Crippen molar-refractivity contribution in [3.63, 3.8) is 0 Å². The summed E-state index contributed by atoms with van der Waals surface area (Å²) in [6.45, 7) is 4.65. The Kier molecular flexibility index (Phi) is 2.88. The molecule has 0 amide bonds. The van der Waals surface area contributed by atoms with Crippen LogP contribution < -0.4 is 11.1 Å². The lowest BCUT2D eigenvalue weighted by Crippen LogP contribution is -2.31. The average Bonchev–Trinajstić information content (AvgIpc) is 2.68. The van der Waals surface area contributed by atoms with Crippen LogP contribution in [0.4, 0.5) is 11.7 Å². The SMILES string of the molecule is CC1(C)CCCC(Nc2nc3ccc(N)cc3o2)C1. The molecule has 19 heavy (non-hydrogen) atoms. The van der Waals surface area contributed by atoms with Crippen LogP contribution in [0, 0.1) is 5.41 Å². The van der Waals surface area contributed by atoms with Gasteiger partial charge in [0.2, 0.25) is 0 Å². The van der Waals surface area contributed by atoms with Crippen molar-refractivity contribution in [3.8, 4) is 0 Å². The Morgan fingerprint density at radius 3 is 3.05 bits per heavy atom. The van der Waals surface area contributed by atoms with Gasteiger partial charge in [-0.1, -0.05) is 20.3 Å². The van der Waals surface area contributed by atoms with Crippen LogP contribution in [0.5, 0.6) is 0 Å². The molecule has 102 valence electrons. The minimum absolute atomic E-state index is 0.409. The number of hydrogen-bond acceptors (Lipinski definition) is 4. The van der Waals surface area contributed by atoms with E-state index in [4.69, 9.17) is 10.2 Å². The van der Waals surface area contributed by atoms with Crippen molar-refractivity contribution in [1.29, 1.82) is 0 Å². The van der Waals surface area contributed by atoms with Gasteiger partial charge in [-0.05, 0) is 36.8 Å². The van der Waals surface area contributed by atoms with Crippen LogP contribution in [0.2, 0.25) is 0 Å². The van der Waals surface area contributed by atoms with Crippen LogP contribution in [0.3, 0.4) is 0 Å². The molecule has 1 aromatic heterocycles. The van der Waals surface area contributed by atoms with Gasteiger partial charge in [0.25, 0.3) is 6.01 Å². The number of fused-ring (bicyclic) bond motifs is 1. The number of nitrogens with two attached hydrogens (primary N) is 1. The molecule has 1 unspecified atom stereocenters. The molecule has 1 heterocycles. The molecule has 0 bridgehead atoms. The van der Waals surface area contributed by atoms with E-state index in [0.29, 0.717) is 23.2 Å². The van der Waals surface area contributed by atoms with Crippen LogP contribution >= 0.6 is 0 Å². The first-order valence-corrected chi connectivity index (χ1v) is 6.94. The number of nitrogen functional groups attached to an aromatic ring is 1. The molecule has 4 nitrogen and oxygen atoms in total. The van der Waals surface area contributed by atoms with Gasteiger partial charge >= 0.3 is 0 Å². The van der Waals surface area contributed by atoms with Gasteiger partial charge in [0.1, 0.15) is 5.52 Å². The van der Waals surface area contributed by atoms with Crippen molar-refractivity contribution in [2.75, 3.05) is 11.1 Å². The molecule has 1 aromatic carbocycles. The molecule has 0 radical (unpaired) electrons. The minimum Gasteiger partial charge on any atom is -0.423 e. The Balaban J connectivity index is 1.77. The van der Waals surface area contributed by atoms with Crippen LogP contribution in [0.15, 0.2) is 22.6 Å². The number of aromatic nitrogens is 1. The summed E-state index contributed by atoms with van der Waals surface area (Å²) in [6.07, 6.45) is 4.91. The summed E-state index contributed by atoms with van der Waals surface area (Å²) in [6, 6.07) is 6.62. The molecule has 3 N–H and O–H groups in total. The zero-order valence-electron chi connectivity index (χ0n) is 11.6.